The van der Waals surface area contributed by atoms with E-state index >= 15 is 0 Å². The fraction of sp³-hybridized carbons (Fsp3) is 0.217. The highest BCUT2D eigenvalue weighted by molar-refractivity contribution is 9.10. The van der Waals surface area contributed by atoms with Crippen LogP contribution in [0.5, 0.6) is 5.75 Å². The van der Waals surface area contributed by atoms with Gasteiger partial charge in [-0.1, -0.05) is 70.0 Å². The summed E-state index contributed by atoms with van der Waals surface area (Å²) in [7, 11) is 0. The van der Waals surface area contributed by atoms with Crippen molar-refractivity contribution in [1.29, 1.82) is 0 Å². The summed E-state index contributed by atoms with van der Waals surface area (Å²) in [6.07, 6.45) is -0.00557. The number of benzene rings is 2. The molecule has 156 valence electrons. The molecule has 2 N–H and O–H groups in total. The van der Waals surface area contributed by atoms with Crippen LogP contribution in [-0.2, 0) is 15.9 Å². The number of aromatic nitrogens is 1. The van der Waals surface area contributed by atoms with Gasteiger partial charge in [0.05, 0.1) is 17.0 Å². The van der Waals surface area contributed by atoms with Gasteiger partial charge >= 0.3 is 6.09 Å². The van der Waals surface area contributed by atoms with Crippen LogP contribution in [0.1, 0.15) is 22.7 Å². The number of fused-ring (bicyclic) bond motifs is 5. The van der Waals surface area contributed by atoms with E-state index in [1.54, 1.807) is 6.07 Å². The molecule has 3 heterocycles. The van der Waals surface area contributed by atoms with Crippen LogP contribution >= 0.6 is 27.5 Å². The lowest BCUT2D eigenvalue weighted by molar-refractivity contribution is -0.148. The van der Waals surface area contributed by atoms with Crippen LogP contribution in [0.3, 0.4) is 0 Å². The molecule has 2 fully saturated rings. The number of pyridine rings is 1. The summed E-state index contributed by atoms with van der Waals surface area (Å²) in [6, 6.07) is 18.4. The largest absolute Gasteiger partial charge is 0.476 e. The van der Waals surface area contributed by atoms with Gasteiger partial charge in [0.1, 0.15) is 11.4 Å². The maximum atomic E-state index is 12.4. The van der Waals surface area contributed by atoms with Crippen molar-refractivity contribution in [3.05, 3.63) is 93.2 Å². The van der Waals surface area contributed by atoms with Crippen molar-refractivity contribution in [2.45, 2.75) is 29.3 Å². The van der Waals surface area contributed by atoms with E-state index in [0.29, 0.717) is 16.5 Å². The molecule has 8 heteroatoms. The molecule has 5 atom stereocenters. The molecule has 1 aromatic heterocycles. The first-order valence-electron chi connectivity index (χ1n) is 9.81. The molecule has 2 aliphatic heterocycles. The summed E-state index contributed by atoms with van der Waals surface area (Å²) in [5, 5.41) is 15.7. The van der Waals surface area contributed by atoms with Gasteiger partial charge in [-0.25, -0.2) is 4.79 Å². The number of rotatable bonds is 2. The molecule has 6 rings (SSSR count). The van der Waals surface area contributed by atoms with E-state index < -0.39 is 35.4 Å². The fourth-order valence-electron chi connectivity index (χ4n) is 5.41. The van der Waals surface area contributed by atoms with Crippen molar-refractivity contribution >= 4 is 33.6 Å². The van der Waals surface area contributed by atoms with Gasteiger partial charge in [0.25, 0.3) is 0 Å². The van der Waals surface area contributed by atoms with E-state index in [2.05, 4.69) is 26.2 Å². The minimum Gasteiger partial charge on any atom is -0.476 e. The number of nitrogens with one attached hydrogen (secondary N) is 1. The number of nitrogens with zero attached hydrogens (tertiary/aromatic N) is 1. The average molecular weight is 500 g/mol. The molecule has 3 aromatic rings. The van der Waals surface area contributed by atoms with Crippen LogP contribution in [0.2, 0.25) is 5.02 Å². The molecule has 1 aliphatic carbocycles. The molecule has 5 unspecified atom stereocenters. The Bertz CT molecular complexity index is 1210. The van der Waals surface area contributed by atoms with Gasteiger partial charge in [-0.3, -0.25) is 4.98 Å². The Kier molecular flexibility index (Phi) is 3.97. The number of halogens is 2. The van der Waals surface area contributed by atoms with Crippen LogP contribution in [0.15, 0.2) is 71.3 Å². The molecule has 1 saturated heterocycles. The number of ether oxygens (including phenoxy) is 2. The molecular weight excluding hydrogens is 484 g/mol. The second-order valence-electron chi connectivity index (χ2n) is 8.00. The SMILES string of the molecule is O=C1NC2C(O1)C1(O)c3ncc(Cl)cc3OC1(c1ccc(Br)cc1)C2c1ccccc1. The smallest absolute Gasteiger partial charge is 0.407 e. The standard InChI is InChI=1S/C23H16BrClN2O4/c24-14-8-6-13(7-9-14)23-17(12-4-2-1-3-5-12)18-20(30-21(28)27-18)22(23,29)19-16(31-23)10-15(25)11-26-19/h1-11,17-18,20,29H,(H,27,28). The first-order valence-corrected chi connectivity index (χ1v) is 11.0. The fourth-order valence-corrected chi connectivity index (χ4v) is 5.82. The van der Waals surface area contributed by atoms with E-state index in [-0.39, 0.29) is 0 Å². The zero-order valence-electron chi connectivity index (χ0n) is 16.0. The van der Waals surface area contributed by atoms with Crippen molar-refractivity contribution in [3.63, 3.8) is 0 Å². The lowest BCUT2D eigenvalue weighted by atomic mass is 9.72. The molecule has 1 saturated carbocycles. The average Bonchev–Trinajstić information content (AvgIpc) is 3.32. The lowest BCUT2D eigenvalue weighted by Crippen LogP contribution is -2.53. The van der Waals surface area contributed by atoms with Crippen molar-refractivity contribution in [2.75, 3.05) is 0 Å². The minimum atomic E-state index is -1.73. The number of hydrogen-bond donors (Lipinski definition) is 2. The van der Waals surface area contributed by atoms with Gasteiger partial charge in [-0.15, -0.1) is 0 Å². The number of carbonyl (C=O) groups is 1. The topological polar surface area (TPSA) is 80.7 Å². The summed E-state index contributed by atoms with van der Waals surface area (Å²) in [4.78, 5) is 16.7. The highest BCUT2D eigenvalue weighted by Crippen LogP contribution is 2.67. The van der Waals surface area contributed by atoms with E-state index in [4.69, 9.17) is 21.1 Å². The van der Waals surface area contributed by atoms with Crippen molar-refractivity contribution in [2.24, 2.45) is 0 Å². The molecule has 0 bridgehead atoms. The van der Waals surface area contributed by atoms with Crippen LogP contribution in [0, 0.1) is 0 Å². The number of alkyl carbamates (subject to hydrolysis) is 1. The van der Waals surface area contributed by atoms with Gasteiger partial charge in [-0.05, 0) is 23.3 Å². The van der Waals surface area contributed by atoms with Crippen LogP contribution in [0.25, 0.3) is 0 Å². The normalized spacial score (nSPS) is 32.5. The minimum absolute atomic E-state index is 0.310. The third kappa shape index (κ3) is 2.37. The number of hydrogen-bond acceptors (Lipinski definition) is 5. The van der Waals surface area contributed by atoms with E-state index in [1.165, 1.54) is 6.20 Å². The first kappa shape index (κ1) is 19.1. The van der Waals surface area contributed by atoms with Crippen LogP contribution < -0.4 is 10.1 Å². The quantitative estimate of drug-likeness (QED) is 0.551. The summed E-state index contributed by atoms with van der Waals surface area (Å²) in [5.74, 6) is -0.0791. The predicted molar refractivity (Wildman–Crippen MR) is 116 cm³/mol. The van der Waals surface area contributed by atoms with E-state index in [9.17, 15) is 9.90 Å². The first-order chi connectivity index (χ1) is 14.9. The number of amides is 1. The second-order valence-corrected chi connectivity index (χ2v) is 9.35. The van der Waals surface area contributed by atoms with Crippen molar-refractivity contribution in [3.8, 4) is 5.75 Å². The monoisotopic (exact) mass is 498 g/mol. The van der Waals surface area contributed by atoms with Crippen molar-refractivity contribution in [1.82, 2.24) is 10.3 Å². The van der Waals surface area contributed by atoms with Gasteiger partial charge in [-0.2, -0.15) is 0 Å². The molecule has 1 amide bonds. The molecule has 0 spiro atoms. The number of carbonyl (C=O) groups excluding carboxylic acids is 1. The lowest BCUT2D eigenvalue weighted by Gasteiger charge is -2.40. The van der Waals surface area contributed by atoms with Crippen LogP contribution in [0.4, 0.5) is 4.79 Å². The molecule has 3 aliphatic rings. The molecule has 6 nitrogen and oxygen atoms in total. The Balaban J connectivity index is 1.69. The molecular formula is C23H16BrClN2O4. The van der Waals surface area contributed by atoms with Crippen LogP contribution in [-0.4, -0.2) is 28.3 Å². The Morgan fingerprint density at radius 3 is 2.61 bits per heavy atom. The predicted octanol–water partition coefficient (Wildman–Crippen LogP) is 4.25. The Hall–Kier alpha value is -2.61. The zero-order valence-corrected chi connectivity index (χ0v) is 18.3. The zero-order chi connectivity index (χ0) is 21.4. The molecule has 31 heavy (non-hydrogen) atoms. The third-order valence-electron chi connectivity index (χ3n) is 6.50. The highest BCUT2D eigenvalue weighted by atomic mass is 79.9. The van der Waals surface area contributed by atoms with E-state index in [0.717, 1.165) is 15.6 Å². The van der Waals surface area contributed by atoms with Gasteiger partial charge in [0.15, 0.2) is 17.3 Å². The van der Waals surface area contributed by atoms with Crippen molar-refractivity contribution < 1.29 is 19.4 Å². The number of aliphatic hydroxyl groups is 1. The summed E-state index contributed by atoms with van der Waals surface area (Å²) in [5.41, 5.74) is -1.07. The second kappa shape index (κ2) is 6.45. The summed E-state index contributed by atoms with van der Waals surface area (Å²) in [6.45, 7) is 0. The molecule has 2 aromatic carbocycles. The van der Waals surface area contributed by atoms with Gasteiger partial charge in [0, 0.05) is 16.7 Å². The maximum Gasteiger partial charge on any atom is 0.407 e. The third-order valence-corrected chi connectivity index (χ3v) is 7.24. The highest BCUT2D eigenvalue weighted by Gasteiger charge is 2.80. The molecule has 0 radical (unpaired) electrons. The Morgan fingerprint density at radius 1 is 1.13 bits per heavy atom. The van der Waals surface area contributed by atoms with E-state index in [1.807, 2.05) is 54.6 Å². The van der Waals surface area contributed by atoms with Gasteiger partial charge in [0.2, 0.25) is 0 Å². The Labute approximate surface area is 191 Å². The Morgan fingerprint density at radius 2 is 1.87 bits per heavy atom. The summed E-state index contributed by atoms with van der Waals surface area (Å²) < 4.78 is 13.2. The maximum absolute atomic E-state index is 12.4. The van der Waals surface area contributed by atoms with Gasteiger partial charge < -0.3 is 19.9 Å². The summed E-state index contributed by atoms with van der Waals surface area (Å²) >= 11 is 9.67.